The lowest BCUT2D eigenvalue weighted by Crippen LogP contribution is -2.25. The highest BCUT2D eigenvalue weighted by Gasteiger charge is 2.35. The number of ether oxygens (including phenoxy) is 1. The van der Waals surface area contributed by atoms with E-state index in [1.807, 2.05) is 0 Å². The van der Waals surface area contributed by atoms with Crippen LogP contribution in [0.15, 0.2) is 0 Å². The molecule has 3 nitrogen and oxygen atoms in total. The number of halogens is 3. The minimum absolute atomic E-state index is 0.111. The second-order valence-electron chi connectivity index (χ2n) is 1.75. The van der Waals surface area contributed by atoms with E-state index in [4.69, 9.17) is 0 Å². The number of hydrogen-bond donors (Lipinski definition) is 2. The van der Waals surface area contributed by atoms with Crippen molar-refractivity contribution in [1.29, 1.82) is 0 Å². The summed E-state index contributed by atoms with van der Waals surface area (Å²) < 4.78 is 37.7. The maximum absolute atomic E-state index is 11.4. The van der Waals surface area contributed by atoms with Crippen LogP contribution in [0.25, 0.3) is 0 Å². The fraction of sp³-hybridized carbons (Fsp3) is 0.750. The quantitative estimate of drug-likeness (QED) is 0.566. The van der Waals surface area contributed by atoms with E-state index < -0.39 is 6.36 Å². The lowest BCUT2D eigenvalue weighted by atomic mass is 10.6. The van der Waals surface area contributed by atoms with Gasteiger partial charge in [0.2, 0.25) is 0 Å². The maximum Gasteiger partial charge on any atom is 0.524 e. The van der Waals surface area contributed by atoms with Crippen LogP contribution in [0.2, 0.25) is 0 Å². The van der Waals surface area contributed by atoms with Gasteiger partial charge in [-0.1, -0.05) is 0 Å². The summed E-state index contributed by atoms with van der Waals surface area (Å²) in [6.07, 6.45) is -4.75. The second-order valence-corrected chi connectivity index (χ2v) is 1.75. The van der Waals surface area contributed by atoms with E-state index in [1.54, 1.807) is 0 Å². The van der Waals surface area contributed by atoms with Crippen molar-refractivity contribution in [3.63, 3.8) is 0 Å². The smallest absolute Gasteiger partial charge is 0.300 e. The van der Waals surface area contributed by atoms with Gasteiger partial charge in [0.05, 0.1) is 0 Å². The minimum Gasteiger partial charge on any atom is -0.300 e. The number of rotatable bonds is 1. The van der Waals surface area contributed by atoms with Crippen LogP contribution in [0.5, 0.6) is 0 Å². The van der Waals surface area contributed by atoms with Gasteiger partial charge in [-0.05, 0) is 0 Å². The van der Waals surface area contributed by atoms with Crippen LogP contribution in [-0.2, 0) is 4.74 Å². The molecule has 0 spiro atoms. The van der Waals surface area contributed by atoms with Crippen LogP contribution in [-0.4, -0.2) is 19.6 Å². The fourth-order valence-electron chi connectivity index (χ4n) is 0.611. The number of nitrogens with one attached hydrogen (secondary N) is 2. The van der Waals surface area contributed by atoms with Crippen LogP contribution < -0.4 is 10.6 Å². The highest BCUT2D eigenvalue weighted by atomic mass is 19.4. The molecule has 1 saturated heterocycles. The molecule has 0 amide bonds. The van der Waals surface area contributed by atoms with Crippen LogP contribution >= 0.6 is 0 Å². The van der Waals surface area contributed by atoms with Crippen molar-refractivity contribution in [2.45, 2.75) is 6.36 Å². The molecule has 10 heavy (non-hydrogen) atoms. The van der Waals surface area contributed by atoms with Crippen molar-refractivity contribution in [3.05, 3.63) is 6.23 Å². The zero-order chi connectivity index (χ0) is 7.61. The Bertz CT molecular complexity index is 110. The van der Waals surface area contributed by atoms with E-state index in [1.165, 1.54) is 0 Å². The molecular weight excluding hydrogens is 149 g/mol. The molecule has 0 aromatic carbocycles. The first kappa shape index (κ1) is 7.77. The van der Waals surface area contributed by atoms with Crippen molar-refractivity contribution >= 4 is 0 Å². The molecule has 0 aromatic rings. The second kappa shape index (κ2) is 2.73. The third-order valence-corrected chi connectivity index (χ3v) is 0.935. The Kier molecular flexibility index (Phi) is 2.12. The zero-order valence-corrected chi connectivity index (χ0v) is 4.96. The molecule has 0 aromatic heterocycles. The third-order valence-electron chi connectivity index (χ3n) is 0.935. The van der Waals surface area contributed by atoms with Crippen molar-refractivity contribution in [3.8, 4) is 0 Å². The molecule has 0 bridgehead atoms. The van der Waals surface area contributed by atoms with Crippen molar-refractivity contribution in [1.82, 2.24) is 10.6 Å². The molecule has 2 N–H and O–H groups in total. The van der Waals surface area contributed by atoms with Crippen molar-refractivity contribution in [2.24, 2.45) is 0 Å². The van der Waals surface area contributed by atoms with Gasteiger partial charge in [0, 0.05) is 13.2 Å². The molecule has 0 saturated carbocycles. The van der Waals surface area contributed by atoms with Crippen LogP contribution in [0.4, 0.5) is 13.2 Å². The van der Waals surface area contributed by atoms with E-state index in [0.29, 0.717) is 6.67 Å². The lowest BCUT2D eigenvalue weighted by Gasteiger charge is -2.10. The van der Waals surface area contributed by atoms with Gasteiger partial charge in [0.1, 0.15) is 0 Å². The summed E-state index contributed by atoms with van der Waals surface area (Å²) in [7, 11) is 0. The standard InChI is InChI=1S/C4H6F3N2O/c5-4(6,7)10-3-1-8-2-9-3/h8-9H,1-2H2. The van der Waals surface area contributed by atoms with E-state index in [0.717, 1.165) is 0 Å². The first-order valence-corrected chi connectivity index (χ1v) is 2.64. The molecule has 1 fully saturated rings. The SMILES string of the molecule is FC(F)(F)O[C]1CNCN1. The van der Waals surface area contributed by atoms with Gasteiger partial charge in [-0.3, -0.25) is 15.4 Å². The summed E-state index contributed by atoms with van der Waals surface area (Å²) in [5.41, 5.74) is 0. The lowest BCUT2D eigenvalue weighted by molar-refractivity contribution is -0.321. The highest BCUT2D eigenvalue weighted by Crippen LogP contribution is 2.21. The first-order chi connectivity index (χ1) is 4.58. The molecule has 59 valence electrons. The summed E-state index contributed by atoms with van der Waals surface area (Å²) >= 11 is 0. The molecule has 1 rings (SSSR count). The zero-order valence-electron chi connectivity index (χ0n) is 4.96. The molecular formula is C4H6F3N2O. The molecule has 0 atom stereocenters. The summed E-state index contributed by atoms with van der Waals surface area (Å²) in [5, 5.41) is 5.00. The summed E-state index contributed by atoms with van der Waals surface area (Å²) in [5.74, 6) is 0. The van der Waals surface area contributed by atoms with E-state index >= 15 is 0 Å². The summed E-state index contributed by atoms with van der Waals surface area (Å²) in [6, 6.07) is 0. The predicted octanol–water partition coefficient (Wildman–Crippen LogP) is 0.163. The van der Waals surface area contributed by atoms with Crippen LogP contribution in [0.3, 0.4) is 0 Å². The first-order valence-electron chi connectivity index (χ1n) is 2.64. The van der Waals surface area contributed by atoms with Gasteiger partial charge >= 0.3 is 6.36 Å². The third kappa shape index (κ3) is 2.51. The average Bonchev–Trinajstić information content (AvgIpc) is 2.12. The van der Waals surface area contributed by atoms with Gasteiger partial charge in [0.15, 0.2) is 6.23 Å². The number of alkyl halides is 3. The Morgan fingerprint density at radius 2 is 2.10 bits per heavy atom. The average molecular weight is 155 g/mol. The Hall–Kier alpha value is -0.330. The van der Waals surface area contributed by atoms with Gasteiger partial charge in [0.25, 0.3) is 0 Å². The Labute approximate surface area is 55.5 Å². The van der Waals surface area contributed by atoms with Gasteiger partial charge in [-0.15, -0.1) is 13.2 Å². The van der Waals surface area contributed by atoms with Crippen molar-refractivity contribution < 1.29 is 17.9 Å². The van der Waals surface area contributed by atoms with Gasteiger partial charge in [-0.2, -0.15) is 0 Å². The molecule has 1 aliphatic rings. The molecule has 1 aliphatic heterocycles. The van der Waals surface area contributed by atoms with Gasteiger partial charge in [-0.25, -0.2) is 0 Å². The van der Waals surface area contributed by atoms with Crippen molar-refractivity contribution in [2.75, 3.05) is 13.2 Å². The highest BCUT2D eigenvalue weighted by molar-refractivity contribution is 4.83. The largest absolute Gasteiger partial charge is 0.524 e. The molecule has 0 aliphatic carbocycles. The van der Waals surface area contributed by atoms with Crippen LogP contribution in [0, 0.1) is 6.23 Å². The normalized spacial score (nSPS) is 21.9. The summed E-state index contributed by atoms with van der Waals surface area (Å²) in [4.78, 5) is 0. The van der Waals surface area contributed by atoms with E-state index in [-0.39, 0.29) is 12.8 Å². The monoisotopic (exact) mass is 155 g/mol. The fourth-order valence-corrected chi connectivity index (χ4v) is 0.611. The molecule has 1 radical (unpaired) electrons. The summed E-state index contributed by atoms with van der Waals surface area (Å²) in [6.45, 7) is 0.435. The number of hydrogen-bond acceptors (Lipinski definition) is 3. The molecule has 0 unspecified atom stereocenters. The van der Waals surface area contributed by atoms with E-state index in [9.17, 15) is 13.2 Å². The topological polar surface area (TPSA) is 33.3 Å². The van der Waals surface area contributed by atoms with Crippen LogP contribution in [0.1, 0.15) is 0 Å². The minimum atomic E-state index is -4.58. The maximum atomic E-state index is 11.4. The predicted molar refractivity (Wildman–Crippen MR) is 26.4 cm³/mol. The molecule has 6 heteroatoms. The molecule has 1 heterocycles. The van der Waals surface area contributed by atoms with Gasteiger partial charge < -0.3 is 0 Å². The Morgan fingerprint density at radius 3 is 2.50 bits per heavy atom. The Balaban J connectivity index is 2.24. The van der Waals surface area contributed by atoms with E-state index in [2.05, 4.69) is 15.4 Å². The Morgan fingerprint density at radius 1 is 1.40 bits per heavy atom.